The number of nitrogens with zero attached hydrogens (tertiary/aromatic N) is 3. The number of halogens is 3. The first kappa shape index (κ1) is 15.9. The van der Waals surface area contributed by atoms with Gasteiger partial charge in [-0.25, -0.2) is 4.98 Å². The van der Waals surface area contributed by atoms with Crippen molar-refractivity contribution in [1.82, 2.24) is 19.9 Å². The zero-order valence-corrected chi connectivity index (χ0v) is 13.2. The molecule has 8 heteroatoms. The molecule has 0 radical (unpaired) electrons. The molecule has 1 aliphatic heterocycles. The van der Waals surface area contributed by atoms with Gasteiger partial charge in [-0.05, 0) is 24.1 Å². The van der Waals surface area contributed by atoms with Crippen molar-refractivity contribution < 1.29 is 18.0 Å². The molecule has 0 saturated carbocycles. The molecule has 1 aliphatic rings. The lowest BCUT2D eigenvalue weighted by Crippen LogP contribution is -2.32. The van der Waals surface area contributed by atoms with Crippen LogP contribution < -0.4 is 0 Å². The van der Waals surface area contributed by atoms with Crippen molar-refractivity contribution in [3.63, 3.8) is 0 Å². The Morgan fingerprint density at radius 3 is 2.96 bits per heavy atom. The number of nitrogens with one attached hydrogen (secondary N) is 1. The van der Waals surface area contributed by atoms with Crippen LogP contribution in [0.25, 0.3) is 21.9 Å². The monoisotopic (exact) mass is 348 g/mol. The van der Waals surface area contributed by atoms with E-state index in [2.05, 4.69) is 15.0 Å². The predicted octanol–water partition coefficient (Wildman–Crippen LogP) is 3.38. The van der Waals surface area contributed by atoms with Gasteiger partial charge in [-0.2, -0.15) is 13.2 Å². The summed E-state index contributed by atoms with van der Waals surface area (Å²) in [5.74, 6) is -0.870. The Hall–Kier alpha value is -2.64. The first-order valence-corrected chi connectivity index (χ1v) is 7.97. The molecule has 25 heavy (non-hydrogen) atoms. The van der Waals surface area contributed by atoms with E-state index < -0.39 is 18.5 Å². The summed E-state index contributed by atoms with van der Waals surface area (Å²) >= 11 is 0. The molecule has 0 aliphatic carbocycles. The van der Waals surface area contributed by atoms with E-state index in [9.17, 15) is 18.0 Å². The lowest BCUT2D eigenvalue weighted by Gasteiger charge is -2.18. The number of hydrogen-bond acceptors (Lipinski definition) is 3. The van der Waals surface area contributed by atoms with Crippen molar-refractivity contribution in [1.29, 1.82) is 0 Å². The van der Waals surface area contributed by atoms with E-state index >= 15 is 0 Å². The van der Waals surface area contributed by atoms with Gasteiger partial charge in [0.2, 0.25) is 5.91 Å². The van der Waals surface area contributed by atoms with Gasteiger partial charge in [0.05, 0.1) is 11.7 Å². The number of hydrogen-bond donors (Lipinski definition) is 1. The maximum atomic E-state index is 12.5. The summed E-state index contributed by atoms with van der Waals surface area (Å²) in [5, 5.41) is 1.88. The van der Waals surface area contributed by atoms with Gasteiger partial charge in [0.25, 0.3) is 0 Å². The highest BCUT2D eigenvalue weighted by molar-refractivity contribution is 6.05. The summed E-state index contributed by atoms with van der Waals surface area (Å²) in [6, 6.07) is 3.80. The minimum absolute atomic E-state index is 0.0109. The SMILES string of the molecule is O=C(CC(F)(F)F)N1CC[C@H](c2ccnc3cnc4[nH]ccc4c23)C1. The van der Waals surface area contributed by atoms with Gasteiger partial charge in [-0.1, -0.05) is 0 Å². The summed E-state index contributed by atoms with van der Waals surface area (Å²) < 4.78 is 37.4. The molecule has 1 saturated heterocycles. The first-order valence-electron chi connectivity index (χ1n) is 7.97. The fourth-order valence-corrected chi connectivity index (χ4v) is 3.54. The molecule has 4 rings (SSSR count). The van der Waals surface area contributed by atoms with Crippen LogP contribution >= 0.6 is 0 Å². The van der Waals surface area contributed by atoms with Gasteiger partial charge in [0.15, 0.2) is 0 Å². The van der Waals surface area contributed by atoms with Gasteiger partial charge >= 0.3 is 6.18 Å². The summed E-state index contributed by atoms with van der Waals surface area (Å²) in [7, 11) is 0. The van der Waals surface area contributed by atoms with Crippen LogP contribution in [0.1, 0.15) is 24.3 Å². The number of carbonyl (C=O) groups is 1. The van der Waals surface area contributed by atoms with Crippen LogP contribution in [0.3, 0.4) is 0 Å². The van der Waals surface area contributed by atoms with Crippen LogP contribution in [0, 0.1) is 0 Å². The fraction of sp³-hybridized carbons (Fsp3) is 0.353. The maximum Gasteiger partial charge on any atom is 0.397 e. The molecule has 1 amide bonds. The minimum Gasteiger partial charge on any atom is -0.346 e. The second-order valence-corrected chi connectivity index (χ2v) is 6.28. The zero-order valence-electron chi connectivity index (χ0n) is 13.2. The Labute approximate surface area is 140 Å². The third kappa shape index (κ3) is 2.92. The van der Waals surface area contributed by atoms with Crippen molar-refractivity contribution in [2.24, 2.45) is 0 Å². The van der Waals surface area contributed by atoms with Crippen molar-refractivity contribution in [3.05, 3.63) is 36.3 Å². The molecule has 5 nitrogen and oxygen atoms in total. The van der Waals surface area contributed by atoms with E-state index in [0.717, 1.165) is 27.5 Å². The lowest BCUT2D eigenvalue weighted by atomic mass is 9.94. The fourth-order valence-electron chi connectivity index (χ4n) is 3.54. The minimum atomic E-state index is -4.47. The second kappa shape index (κ2) is 5.72. The van der Waals surface area contributed by atoms with Gasteiger partial charge in [-0.15, -0.1) is 0 Å². The van der Waals surface area contributed by atoms with Gasteiger partial charge < -0.3 is 9.88 Å². The van der Waals surface area contributed by atoms with Crippen molar-refractivity contribution in [3.8, 4) is 0 Å². The van der Waals surface area contributed by atoms with Crippen molar-refractivity contribution in [2.45, 2.75) is 24.9 Å². The molecule has 0 aromatic carbocycles. The molecular formula is C17H15F3N4O. The van der Waals surface area contributed by atoms with E-state index in [4.69, 9.17) is 0 Å². The topological polar surface area (TPSA) is 61.9 Å². The van der Waals surface area contributed by atoms with Crippen LogP contribution in [0.4, 0.5) is 13.2 Å². The Kier molecular flexibility index (Phi) is 3.63. The van der Waals surface area contributed by atoms with Crippen molar-refractivity contribution in [2.75, 3.05) is 13.1 Å². The highest BCUT2D eigenvalue weighted by Crippen LogP contribution is 2.35. The average Bonchev–Trinajstić information content (AvgIpc) is 3.22. The smallest absolute Gasteiger partial charge is 0.346 e. The Balaban J connectivity index is 1.67. The van der Waals surface area contributed by atoms with Crippen LogP contribution in [-0.4, -0.2) is 45.0 Å². The number of alkyl halides is 3. The zero-order chi connectivity index (χ0) is 17.6. The summed E-state index contributed by atoms with van der Waals surface area (Å²) in [5.41, 5.74) is 2.48. The van der Waals surface area contributed by atoms with Crippen LogP contribution in [0.15, 0.2) is 30.7 Å². The van der Waals surface area contributed by atoms with Crippen molar-refractivity contribution >= 4 is 27.8 Å². The second-order valence-electron chi connectivity index (χ2n) is 6.28. The van der Waals surface area contributed by atoms with E-state index in [1.165, 1.54) is 4.90 Å². The van der Waals surface area contributed by atoms with Gasteiger partial charge in [-0.3, -0.25) is 9.78 Å². The Bertz CT molecular complexity index is 950. The largest absolute Gasteiger partial charge is 0.397 e. The Morgan fingerprint density at radius 1 is 1.32 bits per heavy atom. The molecular weight excluding hydrogens is 333 g/mol. The number of aromatic amines is 1. The van der Waals surface area contributed by atoms with Gasteiger partial charge in [0.1, 0.15) is 12.1 Å². The van der Waals surface area contributed by atoms with E-state index in [1.54, 1.807) is 18.6 Å². The average molecular weight is 348 g/mol. The Morgan fingerprint density at radius 2 is 2.16 bits per heavy atom. The molecule has 0 unspecified atom stereocenters. The number of likely N-dealkylation sites (tertiary alicyclic amines) is 1. The summed E-state index contributed by atoms with van der Waals surface area (Å²) in [6.45, 7) is 0.632. The number of amides is 1. The molecule has 0 spiro atoms. The first-order chi connectivity index (χ1) is 11.9. The lowest BCUT2D eigenvalue weighted by molar-refractivity contribution is -0.160. The third-order valence-electron chi connectivity index (χ3n) is 4.66. The third-order valence-corrected chi connectivity index (χ3v) is 4.66. The summed E-state index contributed by atoms with van der Waals surface area (Å²) in [6.07, 6.45) is -0.0832. The molecule has 130 valence electrons. The predicted molar refractivity (Wildman–Crippen MR) is 86.0 cm³/mol. The van der Waals surface area contributed by atoms with E-state index in [-0.39, 0.29) is 5.92 Å². The van der Waals surface area contributed by atoms with Crippen LogP contribution in [0.5, 0.6) is 0 Å². The molecule has 3 aromatic rings. The standard InChI is InChI=1S/C17H15F3N4O/c18-17(19,20)7-14(25)24-6-3-10(9-24)11-1-4-21-13-8-23-16-12(15(11)13)2-5-22-16/h1-2,4-5,8,10H,3,6-7,9H2,(H,22,23)/t10-/m0/s1. The van der Waals surface area contributed by atoms with E-state index in [0.29, 0.717) is 19.5 Å². The highest BCUT2D eigenvalue weighted by atomic mass is 19.4. The highest BCUT2D eigenvalue weighted by Gasteiger charge is 2.36. The normalized spacial score (nSPS) is 18.4. The molecule has 1 fully saturated rings. The number of H-pyrrole nitrogens is 1. The number of pyridine rings is 2. The number of aromatic nitrogens is 3. The van der Waals surface area contributed by atoms with Crippen LogP contribution in [0.2, 0.25) is 0 Å². The maximum absolute atomic E-state index is 12.5. The molecule has 4 heterocycles. The molecule has 1 atom stereocenters. The quantitative estimate of drug-likeness (QED) is 0.772. The van der Waals surface area contributed by atoms with E-state index in [1.807, 2.05) is 12.1 Å². The molecule has 0 bridgehead atoms. The molecule has 1 N–H and O–H groups in total. The van der Waals surface area contributed by atoms with Gasteiger partial charge in [0, 0.05) is 42.2 Å². The number of carbonyl (C=O) groups excluding carboxylic acids is 1. The number of fused-ring (bicyclic) bond motifs is 3. The summed E-state index contributed by atoms with van der Waals surface area (Å²) in [4.78, 5) is 24.9. The van der Waals surface area contributed by atoms with Crippen LogP contribution in [-0.2, 0) is 4.79 Å². The molecule has 3 aromatic heterocycles. The number of rotatable bonds is 2.